The molecule has 1 aromatic carbocycles. The summed E-state index contributed by atoms with van der Waals surface area (Å²) in [7, 11) is 0. The van der Waals surface area contributed by atoms with Crippen LogP contribution in [-0.2, 0) is 14.3 Å². The lowest BCUT2D eigenvalue weighted by Gasteiger charge is -2.47. The molecule has 1 N–H and O–H groups in total. The summed E-state index contributed by atoms with van der Waals surface area (Å²) in [4.78, 5) is 29.7. The molecule has 6 heteroatoms. The third kappa shape index (κ3) is 4.58. The molecule has 0 spiro atoms. The number of pyridine rings is 1. The van der Waals surface area contributed by atoms with Crippen molar-refractivity contribution < 1.29 is 18.7 Å². The van der Waals surface area contributed by atoms with E-state index in [1.165, 1.54) is 12.1 Å². The Morgan fingerprint density at radius 2 is 1.97 bits per heavy atom. The lowest BCUT2D eigenvalue weighted by molar-refractivity contribution is -0.144. The molecule has 188 valence electrons. The molecule has 7 atom stereocenters. The summed E-state index contributed by atoms with van der Waals surface area (Å²) in [5, 5.41) is 3.28. The van der Waals surface area contributed by atoms with Gasteiger partial charge in [0.2, 0.25) is 5.91 Å². The quantitative estimate of drug-likeness (QED) is 0.572. The second kappa shape index (κ2) is 9.45. The Morgan fingerprint density at radius 1 is 1.11 bits per heavy atom. The number of aromatic nitrogens is 1. The van der Waals surface area contributed by atoms with Crippen LogP contribution in [0.2, 0.25) is 0 Å². The highest BCUT2D eigenvalue weighted by Crippen LogP contribution is 2.53. The number of rotatable bonds is 5. The molecule has 5 nitrogen and oxygen atoms in total. The largest absolute Gasteiger partial charge is 0.462 e. The lowest BCUT2D eigenvalue weighted by atomic mass is 9.57. The SMILES string of the molecule is C[C@H]1OC(=O)[C@@H]2C[C@@H]3C[C@H](NC(=O)C4CC4)CCC3[C@H](/C=C/c3ccc(-c4cccc(F)c4)cn3)[C@H]12. The highest BCUT2D eigenvalue weighted by atomic mass is 19.1. The molecule has 4 aliphatic rings. The molecule has 36 heavy (non-hydrogen) atoms. The number of halogens is 1. The molecule has 1 aromatic heterocycles. The van der Waals surface area contributed by atoms with E-state index >= 15 is 0 Å². The van der Waals surface area contributed by atoms with Crippen LogP contribution < -0.4 is 5.32 Å². The summed E-state index contributed by atoms with van der Waals surface area (Å²) in [6, 6.07) is 10.7. The van der Waals surface area contributed by atoms with Gasteiger partial charge in [-0.3, -0.25) is 14.6 Å². The number of ether oxygens (including phenoxy) is 1. The smallest absolute Gasteiger partial charge is 0.309 e. The first kappa shape index (κ1) is 23.4. The third-order valence-electron chi connectivity index (χ3n) is 8.88. The molecule has 0 bridgehead atoms. The van der Waals surface area contributed by atoms with Gasteiger partial charge in [-0.15, -0.1) is 0 Å². The van der Waals surface area contributed by atoms with Crippen LogP contribution in [0.15, 0.2) is 48.7 Å². The van der Waals surface area contributed by atoms with E-state index in [1.807, 2.05) is 25.1 Å². The maximum absolute atomic E-state index is 13.6. The van der Waals surface area contributed by atoms with Crippen molar-refractivity contribution in [3.63, 3.8) is 0 Å². The Morgan fingerprint density at radius 3 is 2.72 bits per heavy atom. The minimum absolute atomic E-state index is 0.0638. The van der Waals surface area contributed by atoms with Crippen molar-refractivity contribution in [2.75, 3.05) is 0 Å². The number of nitrogens with one attached hydrogen (secondary N) is 1. The van der Waals surface area contributed by atoms with Crippen molar-refractivity contribution in [3.05, 3.63) is 60.2 Å². The zero-order chi connectivity index (χ0) is 24.8. The number of hydrogen-bond donors (Lipinski definition) is 1. The van der Waals surface area contributed by atoms with Gasteiger partial charge in [0.15, 0.2) is 0 Å². The van der Waals surface area contributed by atoms with Crippen molar-refractivity contribution >= 4 is 18.0 Å². The summed E-state index contributed by atoms with van der Waals surface area (Å²) >= 11 is 0. The van der Waals surface area contributed by atoms with E-state index in [9.17, 15) is 14.0 Å². The van der Waals surface area contributed by atoms with E-state index in [1.54, 1.807) is 12.3 Å². The van der Waals surface area contributed by atoms with E-state index in [0.29, 0.717) is 11.8 Å². The Balaban J connectivity index is 1.20. The highest BCUT2D eigenvalue weighted by molar-refractivity contribution is 5.81. The van der Waals surface area contributed by atoms with Crippen molar-refractivity contribution in [1.82, 2.24) is 10.3 Å². The van der Waals surface area contributed by atoms with Crippen molar-refractivity contribution in [2.45, 2.75) is 57.6 Å². The van der Waals surface area contributed by atoms with Gasteiger partial charge in [0.1, 0.15) is 11.9 Å². The van der Waals surface area contributed by atoms with E-state index < -0.39 is 0 Å². The number of cyclic esters (lactones) is 1. The van der Waals surface area contributed by atoms with Crippen LogP contribution in [-0.4, -0.2) is 29.0 Å². The van der Waals surface area contributed by atoms with Gasteiger partial charge >= 0.3 is 5.97 Å². The molecule has 0 radical (unpaired) electrons. The number of carbonyl (C=O) groups excluding carboxylic acids is 2. The van der Waals surface area contributed by atoms with Gasteiger partial charge in [-0.05, 0) is 93.0 Å². The Hall–Kier alpha value is -3.02. The van der Waals surface area contributed by atoms with E-state index in [4.69, 9.17) is 4.74 Å². The molecule has 1 unspecified atom stereocenters. The van der Waals surface area contributed by atoms with Gasteiger partial charge < -0.3 is 10.1 Å². The van der Waals surface area contributed by atoms with E-state index in [2.05, 4.69) is 22.5 Å². The summed E-state index contributed by atoms with van der Waals surface area (Å²) in [5.74, 6) is 1.33. The van der Waals surface area contributed by atoms with Gasteiger partial charge in [0, 0.05) is 29.6 Å². The van der Waals surface area contributed by atoms with Crippen molar-refractivity contribution in [1.29, 1.82) is 0 Å². The Bertz CT molecular complexity index is 1170. The van der Waals surface area contributed by atoms with Crippen LogP contribution in [0.3, 0.4) is 0 Å². The molecule has 2 heterocycles. The average Bonchev–Trinajstić information content (AvgIpc) is 3.68. The Labute approximate surface area is 211 Å². The van der Waals surface area contributed by atoms with Crippen molar-refractivity contribution in [3.8, 4) is 11.1 Å². The molecule has 2 aromatic rings. The zero-order valence-corrected chi connectivity index (χ0v) is 20.6. The van der Waals surface area contributed by atoms with Crippen LogP contribution >= 0.6 is 0 Å². The van der Waals surface area contributed by atoms with Gasteiger partial charge in [0.25, 0.3) is 0 Å². The van der Waals surface area contributed by atoms with E-state index in [-0.39, 0.29) is 53.5 Å². The monoisotopic (exact) mass is 488 g/mol. The Kier molecular flexibility index (Phi) is 6.14. The fourth-order valence-electron chi connectivity index (χ4n) is 6.96. The number of esters is 1. The van der Waals surface area contributed by atoms with Crippen LogP contribution in [0.5, 0.6) is 0 Å². The second-order valence-corrected chi connectivity index (χ2v) is 11.2. The standard InChI is InChI=1S/C30H33FN2O3/c1-17-28-26(12-9-23-8-7-20(16-32-23)19-3-2-4-22(31)13-19)25-11-10-24(33-29(34)18-5-6-18)14-21(25)15-27(28)30(35)36-17/h2-4,7-9,12-13,16-18,21,24-28H,5-6,10-11,14-15H2,1H3,(H,33,34)/b12-9+/t17-,21+,24-,25?,26+,27-,28+/m1/s1. The lowest BCUT2D eigenvalue weighted by Crippen LogP contribution is -2.48. The number of fused-ring (bicyclic) bond motifs is 2. The summed E-state index contributed by atoms with van der Waals surface area (Å²) in [6.07, 6.45) is 11.9. The van der Waals surface area contributed by atoms with Gasteiger partial charge in [0.05, 0.1) is 11.6 Å². The van der Waals surface area contributed by atoms with Gasteiger partial charge in [-0.1, -0.05) is 24.3 Å². The number of hydrogen-bond acceptors (Lipinski definition) is 4. The molecule has 1 saturated heterocycles. The molecule has 3 aliphatic carbocycles. The number of benzene rings is 1. The fourth-order valence-corrected chi connectivity index (χ4v) is 6.96. The average molecular weight is 489 g/mol. The molecular weight excluding hydrogens is 455 g/mol. The fraction of sp³-hybridized carbons (Fsp3) is 0.500. The summed E-state index contributed by atoms with van der Waals surface area (Å²) in [6.45, 7) is 2.03. The maximum Gasteiger partial charge on any atom is 0.309 e. The van der Waals surface area contributed by atoms with Gasteiger partial charge in [-0.25, -0.2) is 4.39 Å². The molecule has 4 fully saturated rings. The number of allylic oxidation sites excluding steroid dienone is 1. The highest BCUT2D eigenvalue weighted by Gasteiger charge is 2.54. The first-order chi connectivity index (χ1) is 17.5. The summed E-state index contributed by atoms with van der Waals surface area (Å²) < 4.78 is 19.3. The minimum atomic E-state index is -0.262. The van der Waals surface area contributed by atoms with Crippen LogP contribution in [0.1, 0.15) is 51.1 Å². The third-order valence-corrected chi connectivity index (χ3v) is 8.88. The molecule has 3 saturated carbocycles. The maximum atomic E-state index is 13.6. The second-order valence-electron chi connectivity index (χ2n) is 11.2. The number of amides is 1. The molecule has 6 rings (SSSR count). The molecular formula is C30H33FN2O3. The van der Waals surface area contributed by atoms with Crippen LogP contribution in [0.4, 0.5) is 4.39 Å². The topological polar surface area (TPSA) is 68.3 Å². The first-order valence-electron chi connectivity index (χ1n) is 13.4. The predicted octanol–water partition coefficient (Wildman–Crippen LogP) is 5.41. The van der Waals surface area contributed by atoms with Gasteiger partial charge in [-0.2, -0.15) is 0 Å². The van der Waals surface area contributed by atoms with E-state index in [0.717, 1.165) is 55.3 Å². The van der Waals surface area contributed by atoms with Crippen LogP contribution in [0, 0.1) is 41.3 Å². The normalized spacial score (nSPS) is 33.6. The van der Waals surface area contributed by atoms with Crippen LogP contribution in [0.25, 0.3) is 17.2 Å². The first-order valence-corrected chi connectivity index (χ1v) is 13.4. The molecule has 1 aliphatic heterocycles. The summed E-state index contributed by atoms with van der Waals surface area (Å²) in [5.41, 5.74) is 2.52. The number of nitrogens with zero attached hydrogens (tertiary/aromatic N) is 1. The van der Waals surface area contributed by atoms with Crippen molar-refractivity contribution in [2.24, 2.45) is 35.5 Å². The minimum Gasteiger partial charge on any atom is -0.462 e. The number of carbonyl (C=O) groups is 2. The zero-order valence-electron chi connectivity index (χ0n) is 20.6. The molecule has 1 amide bonds. The predicted molar refractivity (Wildman–Crippen MR) is 135 cm³/mol.